The molecule has 0 radical (unpaired) electrons. The standard InChI is InChI=1S/C27H26N2O5/c1-32-22-14-10-21(11-15-22)25-17-24(20-6-4-3-5-7-20)28-29(25)26(30)18-34-23-12-8-19(9-13-23)16-27(31)33-2/h3-15,25H,16-18H2,1-2H3. The van der Waals surface area contributed by atoms with Crippen molar-refractivity contribution in [2.75, 3.05) is 20.8 Å². The summed E-state index contributed by atoms with van der Waals surface area (Å²) in [5.41, 5.74) is 3.61. The number of hydrazone groups is 1. The minimum absolute atomic E-state index is 0.158. The van der Waals surface area contributed by atoms with Gasteiger partial charge in [-0.05, 0) is 41.0 Å². The summed E-state index contributed by atoms with van der Waals surface area (Å²) in [6, 6.07) is 24.3. The van der Waals surface area contributed by atoms with Gasteiger partial charge < -0.3 is 14.2 Å². The van der Waals surface area contributed by atoms with E-state index in [1.54, 1.807) is 31.4 Å². The summed E-state index contributed by atoms with van der Waals surface area (Å²) in [6.07, 6.45) is 0.786. The lowest BCUT2D eigenvalue weighted by Crippen LogP contribution is -2.31. The Morgan fingerprint density at radius 1 is 0.912 bits per heavy atom. The second-order valence-corrected chi connectivity index (χ2v) is 7.83. The summed E-state index contributed by atoms with van der Waals surface area (Å²) in [6.45, 7) is -0.158. The van der Waals surface area contributed by atoms with Gasteiger partial charge >= 0.3 is 5.97 Å². The van der Waals surface area contributed by atoms with Gasteiger partial charge in [0.15, 0.2) is 6.61 Å². The normalized spacial score (nSPS) is 14.9. The molecular weight excluding hydrogens is 432 g/mol. The predicted octanol–water partition coefficient (Wildman–Crippen LogP) is 4.17. The first-order valence-electron chi connectivity index (χ1n) is 10.9. The van der Waals surface area contributed by atoms with E-state index in [9.17, 15) is 9.59 Å². The molecule has 1 aliphatic heterocycles. The highest BCUT2D eigenvalue weighted by atomic mass is 16.5. The van der Waals surface area contributed by atoms with Crippen LogP contribution >= 0.6 is 0 Å². The van der Waals surface area contributed by atoms with E-state index in [1.807, 2.05) is 54.6 Å². The maximum Gasteiger partial charge on any atom is 0.309 e. The molecule has 3 aromatic carbocycles. The average molecular weight is 459 g/mol. The van der Waals surface area contributed by atoms with Gasteiger partial charge in [0.25, 0.3) is 5.91 Å². The number of nitrogens with zero attached hydrogens (tertiary/aromatic N) is 2. The highest BCUT2D eigenvalue weighted by Crippen LogP contribution is 2.33. The van der Waals surface area contributed by atoms with Gasteiger partial charge in [0.1, 0.15) is 11.5 Å². The van der Waals surface area contributed by atoms with Crippen LogP contribution in [-0.4, -0.2) is 43.4 Å². The Hall–Kier alpha value is -4.13. The van der Waals surface area contributed by atoms with E-state index in [4.69, 9.17) is 9.47 Å². The Bertz CT molecular complexity index is 1160. The molecule has 1 heterocycles. The van der Waals surface area contributed by atoms with Crippen LogP contribution in [0, 0.1) is 0 Å². The fraction of sp³-hybridized carbons (Fsp3) is 0.222. The molecule has 7 heteroatoms. The molecule has 1 amide bonds. The Kier molecular flexibility index (Phi) is 7.22. The highest BCUT2D eigenvalue weighted by molar-refractivity contribution is 6.03. The largest absolute Gasteiger partial charge is 0.497 e. The van der Waals surface area contributed by atoms with Crippen LogP contribution in [-0.2, 0) is 20.7 Å². The second kappa shape index (κ2) is 10.7. The second-order valence-electron chi connectivity index (χ2n) is 7.83. The van der Waals surface area contributed by atoms with E-state index in [2.05, 4.69) is 9.84 Å². The molecule has 0 N–H and O–H groups in total. The van der Waals surface area contributed by atoms with Crippen molar-refractivity contribution in [3.63, 3.8) is 0 Å². The summed E-state index contributed by atoms with van der Waals surface area (Å²) in [7, 11) is 2.98. The zero-order valence-electron chi connectivity index (χ0n) is 19.1. The Morgan fingerprint density at radius 3 is 2.24 bits per heavy atom. The minimum Gasteiger partial charge on any atom is -0.497 e. The van der Waals surface area contributed by atoms with Gasteiger partial charge in [-0.15, -0.1) is 0 Å². The van der Waals surface area contributed by atoms with Crippen molar-refractivity contribution in [3.8, 4) is 11.5 Å². The molecule has 0 saturated carbocycles. The number of amides is 1. The molecule has 0 bridgehead atoms. The number of carbonyl (C=O) groups is 2. The molecule has 0 fully saturated rings. The van der Waals surface area contributed by atoms with Crippen LogP contribution in [0.5, 0.6) is 11.5 Å². The van der Waals surface area contributed by atoms with Gasteiger partial charge in [0, 0.05) is 6.42 Å². The van der Waals surface area contributed by atoms with E-state index in [0.717, 1.165) is 28.2 Å². The topological polar surface area (TPSA) is 77.4 Å². The van der Waals surface area contributed by atoms with Crippen molar-refractivity contribution < 1.29 is 23.8 Å². The quantitative estimate of drug-likeness (QED) is 0.474. The van der Waals surface area contributed by atoms with Crippen molar-refractivity contribution in [2.24, 2.45) is 5.10 Å². The Labute approximate surface area is 198 Å². The van der Waals surface area contributed by atoms with Crippen LogP contribution in [0.2, 0.25) is 0 Å². The molecule has 0 aromatic heterocycles. The van der Waals surface area contributed by atoms with E-state index < -0.39 is 0 Å². The number of rotatable bonds is 8. The average Bonchev–Trinajstić information content (AvgIpc) is 3.34. The van der Waals surface area contributed by atoms with Crippen LogP contribution in [0.25, 0.3) is 0 Å². The molecular formula is C27H26N2O5. The SMILES string of the molecule is COC(=O)Cc1ccc(OCC(=O)N2N=C(c3ccccc3)CC2c2ccc(OC)cc2)cc1. The lowest BCUT2D eigenvalue weighted by molar-refractivity contribution is -0.139. The fourth-order valence-electron chi connectivity index (χ4n) is 3.78. The van der Waals surface area contributed by atoms with Crippen LogP contribution < -0.4 is 9.47 Å². The monoisotopic (exact) mass is 458 g/mol. The van der Waals surface area contributed by atoms with Crippen LogP contribution in [0.4, 0.5) is 0 Å². The Balaban J connectivity index is 1.49. The lowest BCUT2D eigenvalue weighted by Gasteiger charge is -2.22. The maximum absolute atomic E-state index is 13.2. The zero-order chi connectivity index (χ0) is 23.9. The van der Waals surface area contributed by atoms with Gasteiger partial charge in [-0.2, -0.15) is 5.10 Å². The number of esters is 1. The number of benzene rings is 3. The zero-order valence-corrected chi connectivity index (χ0v) is 19.1. The molecule has 4 rings (SSSR count). The van der Waals surface area contributed by atoms with Crippen LogP contribution in [0.15, 0.2) is 84.0 Å². The van der Waals surface area contributed by atoms with Gasteiger partial charge in [-0.1, -0.05) is 54.6 Å². The first kappa shape index (κ1) is 23.0. The fourth-order valence-corrected chi connectivity index (χ4v) is 3.78. The molecule has 34 heavy (non-hydrogen) atoms. The van der Waals surface area contributed by atoms with Crippen molar-refractivity contribution >= 4 is 17.6 Å². The molecule has 174 valence electrons. The van der Waals surface area contributed by atoms with Crippen molar-refractivity contribution in [1.82, 2.24) is 5.01 Å². The first-order chi connectivity index (χ1) is 16.6. The molecule has 7 nitrogen and oxygen atoms in total. The number of carbonyl (C=O) groups excluding carboxylic acids is 2. The number of ether oxygens (including phenoxy) is 3. The smallest absolute Gasteiger partial charge is 0.309 e. The maximum atomic E-state index is 13.2. The summed E-state index contributed by atoms with van der Waals surface area (Å²) in [5.74, 6) is 0.733. The number of hydrogen-bond donors (Lipinski definition) is 0. The summed E-state index contributed by atoms with van der Waals surface area (Å²) in [5, 5.41) is 6.17. The van der Waals surface area contributed by atoms with E-state index in [0.29, 0.717) is 12.2 Å². The number of hydrogen-bond acceptors (Lipinski definition) is 6. The molecule has 0 spiro atoms. The highest BCUT2D eigenvalue weighted by Gasteiger charge is 2.33. The van der Waals surface area contributed by atoms with Crippen molar-refractivity contribution in [1.29, 1.82) is 0 Å². The Morgan fingerprint density at radius 2 is 1.59 bits per heavy atom. The van der Waals surface area contributed by atoms with Gasteiger partial charge in [0.05, 0.1) is 32.4 Å². The van der Waals surface area contributed by atoms with Crippen LogP contribution in [0.3, 0.4) is 0 Å². The lowest BCUT2D eigenvalue weighted by atomic mass is 9.98. The van der Waals surface area contributed by atoms with Crippen molar-refractivity contribution in [2.45, 2.75) is 18.9 Å². The van der Waals surface area contributed by atoms with Crippen LogP contribution in [0.1, 0.15) is 29.2 Å². The summed E-state index contributed by atoms with van der Waals surface area (Å²) < 4.78 is 15.7. The molecule has 0 aliphatic carbocycles. The third kappa shape index (κ3) is 5.43. The molecule has 3 aromatic rings. The first-order valence-corrected chi connectivity index (χ1v) is 10.9. The third-order valence-electron chi connectivity index (χ3n) is 5.64. The molecule has 1 atom stereocenters. The van der Waals surface area contributed by atoms with Crippen molar-refractivity contribution in [3.05, 3.63) is 95.6 Å². The number of methoxy groups -OCH3 is 2. The van der Waals surface area contributed by atoms with E-state index in [1.165, 1.54) is 12.1 Å². The minimum atomic E-state index is -0.311. The predicted molar refractivity (Wildman–Crippen MR) is 128 cm³/mol. The summed E-state index contributed by atoms with van der Waals surface area (Å²) >= 11 is 0. The molecule has 1 aliphatic rings. The molecule has 1 unspecified atom stereocenters. The summed E-state index contributed by atoms with van der Waals surface area (Å²) in [4.78, 5) is 24.6. The van der Waals surface area contributed by atoms with Gasteiger partial charge in [-0.25, -0.2) is 5.01 Å². The van der Waals surface area contributed by atoms with E-state index in [-0.39, 0.29) is 30.9 Å². The van der Waals surface area contributed by atoms with Gasteiger partial charge in [-0.3, -0.25) is 9.59 Å². The molecule has 0 saturated heterocycles. The van der Waals surface area contributed by atoms with Gasteiger partial charge in [0.2, 0.25) is 0 Å². The third-order valence-corrected chi connectivity index (χ3v) is 5.64. The van der Waals surface area contributed by atoms with E-state index >= 15 is 0 Å².